The van der Waals surface area contributed by atoms with Gasteiger partial charge in [0.05, 0.1) is 27.3 Å². The summed E-state index contributed by atoms with van der Waals surface area (Å²) in [5.41, 5.74) is 0.561. The van der Waals surface area contributed by atoms with Gasteiger partial charge in [-0.15, -0.1) is 0 Å². The number of hydrogen-bond acceptors (Lipinski definition) is 3. The van der Waals surface area contributed by atoms with E-state index in [1.54, 1.807) is 24.3 Å². The molecule has 10 heteroatoms. The molecule has 3 aromatic carbocycles. The Kier molecular flexibility index (Phi) is 6.79. The summed E-state index contributed by atoms with van der Waals surface area (Å²) in [4.78, 5) is 12.3. The molecule has 0 fully saturated rings. The zero-order chi connectivity index (χ0) is 27.1. The molecule has 0 amide bonds. The predicted molar refractivity (Wildman–Crippen MR) is 141 cm³/mol. The summed E-state index contributed by atoms with van der Waals surface area (Å²) in [5.74, 6) is -0.786. The van der Waals surface area contributed by atoms with Crippen molar-refractivity contribution >= 4 is 40.2 Å². The normalized spacial score (nSPS) is 13.4. The Morgan fingerprint density at radius 1 is 0.895 bits per heavy atom. The molecule has 0 bridgehead atoms. The van der Waals surface area contributed by atoms with Crippen LogP contribution in [0.2, 0.25) is 10.0 Å². The molecular weight excluding hydrogens is 539 g/mol. The van der Waals surface area contributed by atoms with Crippen LogP contribution >= 0.6 is 23.2 Å². The summed E-state index contributed by atoms with van der Waals surface area (Å²) in [5, 5.41) is 4.13. The van der Waals surface area contributed by atoms with Gasteiger partial charge in [-0.1, -0.05) is 53.5 Å². The molecule has 1 atom stereocenters. The number of fused-ring (bicyclic) bond motifs is 1. The van der Waals surface area contributed by atoms with Crippen LogP contribution in [0.25, 0.3) is 11.0 Å². The van der Waals surface area contributed by atoms with E-state index in [9.17, 15) is 17.6 Å². The van der Waals surface area contributed by atoms with Crippen molar-refractivity contribution in [3.8, 4) is 0 Å². The highest BCUT2D eigenvalue weighted by molar-refractivity contribution is 6.31. The lowest BCUT2D eigenvalue weighted by Gasteiger charge is -2.36. The van der Waals surface area contributed by atoms with Gasteiger partial charge in [0.15, 0.2) is 0 Å². The van der Waals surface area contributed by atoms with E-state index in [1.807, 2.05) is 37.3 Å². The first kappa shape index (κ1) is 26.0. The number of nitrogens with zero attached hydrogens (tertiary/aromatic N) is 2. The fourth-order valence-corrected chi connectivity index (χ4v) is 4.94. The van der Waals surface area contributed by atoms with Gasteiger partial charge in [-0.3, -0.25) is 4.98 Å². The van der Waals surface area contributed by atoms with Crippen LogP contribution in [0.15, 0.2) is 79.0 Å². The second-order valence-corrected chi connectivity index (χ2v) is 9.86. The van der Waals surface area contributed by atoms with E-state index in [2.05, 4.69) is 20.3 Å². The second kappa shape index (κ2) is 9.93. The van der Waals surface area contributed by atoms with E-state index >= 15 is 0 Å². The summed E-state index contributed by atoms with van der Waals surface area (Å²) in [6.45, 7) is 1.85. The largest absolute Gasteiger partial charge is 0.416 e. The first-order valence-electron chi connectivity index (χ1n) is 11.5. The Labute approximate surface area is 225 Å². The van der Waals surface area contributed by atoms with Crippen molar-refractivity contribution in [2.45, 2.75) is 25.1 Å². The number of hydrogen-bond donors (Lipinski definition) is 2. The standard InChI is InChI=1S/C28H20Cl2F4N4/c1-16-9-21(30)13-23-25(16)37-26(36-23)38-27(14-17-5-3-2-4-6-17,24-8-7-20(29)15-35-24)18-10-19(28(32,33)34)12-22(31)11-18/h2-13,15H,14H2,1H3,(H2,36,37,38). The maximum absolute atomic E-state index is 14.8. The average molecular weight is 559 g/mol. The van der Waals surface area contributed by atoms with Gasteiger partial charge in [0.2, 0.25) is 5.95 Å². The summed E-state index contributed by atoms with van der Waals surface area (Å²) in [6.07, 6.45) is -3.26. The van der Waals surface area contributed by atoms with Crippen LogP contribution in [0, 0.1) is 12.7 Å². The van der Waals surface area contributed by atoms with Crippen molar-refractivity contribution < 1.29 is 17.6 Å². The smallest absolute Gasteiger partial charge is 0.340 e. The van der Waals surface area contributed by atoms with Gasteiger partial charge >= 0.3 is 6.18 Å². The van der Waals surface area contributed by atoms with Gasteiger partial charge in [0.1, 0.15) is 11.4 Å². The maximum atomic E-state index is 14.8. The van der Waals surface area contributed by atoms with Crippen molar-refractivity contribution in [3.05, 3.63) is 123 Å². The highest BCUT2D eigenvalue weighted by Crippen LogP contribution is 2.40. The molecule has 2 aromatic heterocycles. The third kappa shape index (κ3) is 5.19. The van der Waals surface area contributed by atoms with Crippen LogP contribution in [-0.4, -0.2) is 15.0 Å². The number of imidazole rings is 1. The van der Waals surface area contributed by atoms with Gasteiger partial charge in [-0.25, -0.2) is 9.37 Å². The molecular formula is C28H20Cl2F4N4. The fourth-order valence-electron chi connectivity index (χ4n) is 4.56. The van der Waals surface area contributed by atoms with Crippen molar-refractivity contribution in [1.82, 2.24) is 15.0 Å². The van der Waals surface area contributed by atoms with Crippen LogP contribution in [-0.2, 0) is 18.1 Å². The van der Waals surface area contributed by atoms with Gasteiger partial charge in [-0.2, -0.15) is 13.2 Å². The van der Waals surface area contributed by atoms with Crippen LogP contribution in [0.4, 0.5) is 23.5 Å². The van der Waals surface area contributed by atoms with Crippen LogP contribution in [0.5, 0.6) is 0 Å². The van der Waals surface area contributed by atoms with E-state index < -0.39 is 23.1 Å². The highest BCUT2D eigenvalue weighted by atomic mass is 35.5. The molecule has 0 saturated heterocycles. The molecule has 0 aliphatic rings. The molecule has 5 rings (SSSR count). The lowest BCUT2D eigenvalue weighted by Crippen LogP contribution is -2.40. The minimum Gasteiger partial charge on any atom is -0.340 e. The minimum absolute atomic E-state index is 0.0127. The monoisotopic (exact) mass is 558 g/mol. The number of pyridine rings is 1. The summed E-state index contributed by atoms with van der Waals surface area (Å²) < 4.78 is 56.3. The molecule has 2 N–H and O–H groups in total. The number of anilines is 1. The van der Waals surface area contributed by atoms with Gasteiger partial charge in [-0.05, 0) is 66.1 Å². The summed E-state index contributed by atoms with van der Waals surface area (Å²) in [6, 6.07) is 18.2. The Bertz CT molecular complexity index is 1600. The molecule has 38 heavy (non-hydrogen) atoms. The predicted octanol–water partition coefficient (Wildman–Crippen LogP) is 8.33. The van der Waals surface area contributed by atoms with E-state index in [4.69, 9.17) is 23.2 Å². The number of aromatic nitrogens is 3. The van der Waals surface area contributed by atoms with Gasteiger partial charge in [0, 0.05) is 17.6 Å². The van der Waals surface area contributed by atoms with Gasteiger partial charge in [0.25, 0.3) is 0 Å². The number of aryl methyl sites for hydroxylation is 1. The quantitative estimate of drug-likeness (QED) is 0.206. The molecule has 0 spiro atoms. The maximum Gasteiger partial charge on any atom is 0.416 e. The Balaban J connectivity index is 1.79. The number of aromatic amines is 1. The number of nitrogens with one attached hydrogen (secondary N) is 2. The molecule has 5 aromatic rings. The minimum atomic E-state index is -4.77. The topological polar surface area (TPSA) is 53.6 Å². The summed E-state index contributed by atoms with van der Waals surface area (Å²) >= 11 is 12.3. The second-order valence-electron chi connectivity index (χ2n) is 8.98. The molecule has 2 heterocycles. The lowest BCUT2D eigenvalue weighted by molar-refractivity contribution is -0.137. The molecule has 0 radical (unpaired) electrons. The summed E-state index contributed by atoms with van der Waals surface area (Å²) in [7, 11) is 0. The van der Waals surface area contributed by atoms with E-state index in [1.165, 1.54) is 6.20 Å². The van der Waals surface area contributed by atoms with Crippen LogP contribution < -0.4 is 5.32 Å². The number of H-pyrrole nitrogens is 1. The van der Waals surface area contributed by atoms with Crippen molar-refractivity contribution in [3.63, 3.8) is 0 Å². The van der Waals surface area contributed by atoms with Crippen LogP contribution in [0.1, 0.15) is 27.9 Å². The zero-order valence-electron chi connectivity index (χ0n) is 19.9. The Morgan fingerprint density at radius 2 is 1.63 bits per heavy atom. The molecule has 0 saturated carbocycles. The van der Waals surface area contributed by atoms with Crippen molar-refractivity contribution in [1.29, 1.82) is 0 Å². The van der Waals surface area contributed by atoms with Crippen molar-refractivity contribution in [2.24, 2.45) is 0 Å². The molecule has 0 aliphatic carbocycles. The molecule has 194 valence electrons. The Hall–Kier alpha value is -3.62. The molecule has 1 unspecified atom stereocenters. The Morgan fingerprint density at radius 3 is 2.32 bits per heavy atom. The third-order valence-electron chi connectivity index (χ3n) is 6.27. The fraction of sp³-hybridized carbons (Fsp3) is 0.143. The third-order valence-corrected chi connectivity index (χ3v) is 6.71. The number of halogens is 6. The van der Waals surface area contributed by atoms with E-state index in [-0.39, 0.29) is 17.9 Å². The first-order valence-corrected chi connectivity index (χ1v) is 12.3. The molecule has 4 nitrogen and oxygen atoms in total. The molecule has 0 aliphatic heterocycles. The number of alkyl halides is 3. The zero-order valence-corrected chi connectivity index (χ0v) is 21.4. The highest BCUT2D eigenvalue weighted by Gasteiger charge is 2.40. The van der Waals surface area contributed by atoms with Gasteiger partial charge < -0.3 is 10.3 Å². The SMILES string of the molecule is Cc1cc(Cl)cc2[nH]c(NC(Cc3ccccc3)(c3cc(F)cc(C(F)(F)F)c3)c3ccc(Cl)cn3)nc12. The lowest BCUT2D eigenvalue weighted by atomic mass is 9.80. The van der Waals surface area contributed by atoms with E-state index in [0.29, 0.717) is 32.8 Å². The van der Waals surface area contributed by atoms with E-state index in [0.717, 1.165) is 23.3 Å². The van der Waals surface area contributed by atoms with Crippen molar-refractivity contribution in [2.75, 3.05) is 5.32 Å². The van der Waals surface area contributed by atoms with Crippen LogP contribution in [0.3, 0.4) is 0 Å². The first-order chi connectivity index (χ1) is 18.0. The number of rotatable bonds is 6. The number of benzene rings is 3. The average Bonchev–Trinajstić information content (AvgIpc) is 3.26.